The van der Waals surface area contributed by atoms with Gasteiger partial charge in [-0.25, -0.2) is 0 Å². The number of hydrogen-bond acceptors (Lipinski definition) is 2. The fourth-order valence-corrected chi connectivity index (χ4v) is 3.71. The van der Waals surface area contributed by atoms with Crippen LogP contribution in [0.1, 0.15) is 27.8 Å². The molecule has 0 aromatic heterocycles. The van der Waals surface area contributed by atoms with Crippen molar-refractivity contribution in [3.63, 3.8) is 0 Å². The Hall–Kier alpha value is -2.63. The van der Waals surface area contributed by atoms with Gasteiger partial charge in [0, 0.05) is 6.42 Å². The highest BCUT2D eigenvalue weighted by Crippen LogP contribution is 2.28. The van der Waals surface area contributed by atoms with E-state index < -0.39 is 12.7 Å². The van der Waals surface area contributed by atoms with Gasteiger partial charge in [-0.3, -0.25) is 4.74 Å². The second-order valence-electron chi connectivity index (χ2n) is 7.67. The van der Waals surface area contributed by atoms with Crippen LogP contribution in [-0.4, -0.2) is 12.7 Å². The van der Waals surface area contributed by atoms with Gasteiger partial charge in [-0.1, -0.05) is 72.3 Å². The molecule has 0 saturated heterocycles. The van der Waals surface area contributed by atoms with Crippen LogP contribution >= 0.6 is 0 Å². The summed E-state index contributed by atoms with van der Waals surface area (Å²) < 4.78 is 46.3. The molecule has 1 atom stereocenters. The van der Waals surface area contributed by atoms with E-state index in [2.05, 4.69) is 60.2 Å². The highest BCUT2D eigenvalue weighted by Gasteiger charge is 2.35. The maximum atomic E-state index is 12.4. The van der Waals surface area contributed by atoms with Gasteiger partial charge in [0.25, 0.3) is 0 Å². The summed E-state index contributed by atoms with van der Waals surface area (Å²) in [6.07, 6.45) is -4.09. The number of hydrogen-bond donors (Lipinski definition) is 0. The minimum absolute atomic E-state index is 0.107. The molecule has 0 aliphatic carbocycles. The van der Waals surface area contributed by atoms with Crippen molar-refractivity contribution in [2.75, 3.05) is 0 Å². The van der Waals surface area contributed by atoms with E-state index in [-0.39, 0.29) is 13.0 Å². The van der Waals surface area contributed by atoms with E-state index in [0.717, 1.165) is 29.5 Å². The van der Waals surface area contributed by atoms with E-state index in [1.807, 2.05) is 18.2 Å². The molecule has 0 amide bonds. The minimum atomic E-state index is -4.68. The molecule has 3 aromatic rings. The van der Waals surface area contributed by atoms with Crippen LogP contribution in [0.2, 0.25) is 0 Å². The first-order valence-electron chi connectivity index (χ1n) is 9.98. The topological polar surface area (TPSA) is 18.5 Å². The zero-order valence-corrected chi connectivity index (χ0v) is 16.7. The van der Waals surface area contributed by atoms with E-state index >= 15 is 0 Å². The van der Waals surface area contributed by atoms with E-state index in [0.29, 0.717) is 0 Å². The van der Waals surface area contributed by atoms with Crippen LogP contribution in [-0.2, 0) is 35.3 Å². The molecule has 3 aromatic carbocycles. The lowest BCUT2D eigenvalue weighted by atomic mass is 9.96. The molecule has 156 valence electrons. The predicted octanol–water partition coefficient (Wildman–Crippen LogP) is 6.38. The number of fused-ring (bicyclic) bond motifs is 1. The minimum Gasteiger partial charge on any atom is -0.347 e. The molecule has 0 spiro atoms. The highest BCUT2D eigenvalue weighted by atomic mass is 19.4. The molecule has 0 fully saturated rings. The van der Waals surface area contributed by atoms with Crippen molar-refractivity contribution >= 4 is 0 Å². The number of benzene rings is 3. The summed E-state index contributed by atoms with van der Waals surface area (Å²) in [4.78, 5) is 0. The molecule has 0 saturated carbocycles. The lowest BCUT2D eigenvalue weighted by molar-refractivity contribution is -0.381. The molecular weight excluding hydrogens is 389 g/mol. The Morgan fingerprint density at radius 1 is 0.833 bits per heavy atom. The van der Waals surface area contributed by atoms with Crippen molar-refractivity contribution in [3.8, 4) is 11.1 Å². The lowest BCUT2D eigenvalue weighted by Gasteiger charge is -2.26. The Labute approximate surface area is 174 Å². The van der Waals surface area contributed by atoms with Crippen LogP contribution in [0, 0.1) is 6.92 Å². The van der Waals surface area contributed by atoms with Gasteiger partial charge in [-0.2, -0.15) is 0 Å². The van der Waals surface area contributed by atoms with Gasteiger partial charge < -0.3 is 4.74 Å². The van der Waals surface area contributed by atoms with Crippen molar-refractivity contribution in [1.29, 1.82) is 0 Å². The van der Waals surface area contributed by atoms with E-state index in [1.54, 1.807) is 0 Å². The van der Waals surface area contributed by atoms with Gasteiger partial charge >= 0.3 is 6.36 Å². The van der Waals surface area contributed by atoms with Crippen molar-refractivity contribution in [3.05, 3.63) is 94.5 Å². The summed E-state index contributed by atoms with van der Waals surface area (Å²) >= 11 is 0. The van der Waals surface area contributed by atoms with Gasteiger partial charge in [-0.15, -0.1) is 13.2 Å². The van der Waals surface area contributed by atoms with Crippen LogP contribution < -0.4 is 0 Å². The zero-order valence-electron chi connectivity index (χ0n) is 16.7. The first-order chi connectivity index (χ1) is 14.4. The van der Waals surface area contributed by atoms with Gasteiger partial charge in [0.2, 0.25) is 0 Å². The second-order valence-corrected chi connectivity index (χ2v) is 7.67. The summed E-state index contributed by atoms with van der Waals surface area (Å²) in [5, 5.41) is 0. The van der Waals surface area contributed by atoms with Gasteiger partial charge in [-0.05, 0) is 53.1 Å². The molecule has 2 nitrogen and oxygen atoms in total. The number of rotatable bonds is 5. The molecule has 0 radical (unpaired) electrons. The monoisotopic (exact) mass is 412 g/mol. The summed E-state index contributed by atoms with van der Waals surface area (Å²) in [6.45, 7) is 2.21. The van der Waals surface area contributed by atoms with Crippen molar-refractivity contribution in [1.82, 2.24) is 0 Å². The molecule has 0 bridgehead atoms. The van der Waals surface area contributed by atoms with E-state index in [4.69, 9.17) is 4.74 Å². The Bertz CT molecular complexity index is 992. The van der Waals surface area contributed by atoms with Gasteiger partial charge in [0.1, 0.15) is 0 Å². The van der Waals surface area contributed by atoms with Crippen LogP contribution in [0.4, 0.5) is 13.2 Å². The Kier molecular flexibility index (Phi) is 5.93. The van der Waals surface area contributed by atoms with Crippen LogP contribution in [0.5, 0.6) is 0 Å². The molecule has 1 aliphatic rings. The SMILES string of the molecule is Cc1ccc(-c2ccc(CCc3ccc4c(c3)COC(OC(F)(F)F)C4)cc2)cc1. The van der Waals surface area contributed by atoms with E-state index in [1.165, 1.54) is 22.3 Å². The lowest BCUT2D eigenvalue weighted by Crippen LogP contribution is -2.31. The summed E-state index contributed by atoms with van der Waals surface area (Å²) in [5.74, 6) is 0. The van der Waals surface area contributed by atoms with Crippen molar-refractivity contribution in [2.24, 2.45) is 0 Å². The fourth-order valence-electron chi connectivity index (χ4n) is 3.71. The molecule has 0 N–H and O–H groups in total. The third kappa shape index (κ3) is 5.29. The summed E-state index contributed by atoms with van der Waals surface area (Å²) in [5.41, 5.74) is 7.82. The number of halogens is 3. The second kappa shape index (κ2) is 8.62. The molecular formula is C25H23F3O2. The molecule has 30 heavy (non-hydrogen) atoms. The number of ether oxygens (including phenoxy) is 2. The first kappa shape index (κ1) is 20.6. The fraction of sp³-hybridized carbons (Fsp3) is 0.280. The number of aryl methyl sites for hydroxylation is 3. The van der Waals surface area contributed by atoms with Crippen LogP contribution in [0.15, 0.2) is 66.7 Å². The quantitative estimate of drug-likeness (QED) is 0.484. The first-order valence-corrected chi connectivity index (χ1v) is 9.98. The largest absolute Gasteiger partial charge is 0.524 e. The summed E-state index contributed by atoms with van der Waals surface area (Å²) in [7, 11) is 0. The third-order valence-electron chi connectivity index (χ3n) is 5.39. The predicted molar refractivity (Wildman–Crippen MR) is 110 cm³/mol. The van der Waals surface area contributed by atoms with Crippen molar-refractivity contribution in [2.45, 2.75) is 45.4 Å². The van der Waals surface area contributed by atoms with Gasteiger partial charge in [0.15, 0.2) is 6.29 Å². The van der Waals surface area contributed by atoms with Gasteiger partial charge in [0.05, 0.1) is 6.61 Å². The maximum Gasteiger partial charge on any atom is 0.524 e. The normalized spacial score (nSPS) is 16.3. The smallest absolute Gasteiger partial charge is 0.347 e. The third-order valence-corrected chi connectivity index (χ3v) is 5.39. The molecule has 1 aliphatic heterocycles. The Morgan fingerprint density at radius 2 is 1.43 bits per heavy atom. The van der Waals surface area contributed by atoms with Crippen molar-refractivity contribution < 1.29 is 22.6 Å². The zero-order chi connectivity index (χ0) is 21.1. The average molecular weight is 412 g/mol. The molecule has 4 rings (SSSR count). The number of alkyl halides is 3. The Morgan fingerprint density at radius 3 is 2.10 bits per heavy atom. The highest BCUT2D eigenvalue weighted by molar-refractivity contribution is 5.63. The maximum absolute atomic E-state index is 12.4. The van der Waals surface area contributed by atoms with Crippen LogP contribution in [0.25, 0.3) is 11.1 Å². The average Bonchev–Trinajstić information content (AvgIpc) is 2.72. The molecule has 1 unspecified atom stereocenters. The van der Waals surface area contributed by atoms with E-state index in [9.17, 15) is 13.2 Å². The Balaban J connectivity index is 1.36. The van der Waals surface area contributed by atoms with Crippen LogP contribution in [0.3, 0.4) is 0 Å². The molecule has 5 heteroatoms. The molecule has 1 heterocycles. The summed E-state index contributed by atoms with van der Waals surface area (Å²) in [6, 6.07) is 23.0. The standard InChI is InChI=1S/C25H23F3O2/c1-17-2-9-20(10-3-17)21-11-6-18(7-12-21)4-5-19-8-13-22-15-24(30-25(26,27)28)29-16-23(22)14-19/h2-3,6-14,24H,4-5,15-16H2,1H3.